The van der Waals surface area contributed by atoms with Crippen LogP contribution in [0.3, 0.4) is 0 Å². The van der Waals surface area contributed by atoms with Crippen LogP contribution in [0.25, 0.3) is 0 Å². The van der Waals surface area contributed by atoms with Crippen LogP contribution >= 0.6 is 11.8 Å². The summed E-state index contributed by atoms with van der Waals surface area (Å²) in [5.41, 5.74) is 0.806. The Labute approximate surface area is 208 Å². The molecule has 0 saturated carbocycles. The summed E-state index contributed by atoms with van der Waals surface area (Å²) in [4.78, 5) is 66.0. The van der Waals surface area contributed by atoms with Gasteiger partial charge in [0, 0.05) is 38.0 Å². The van der Waals surface area contributed by atoms with Gasteiger partial charge >= 0.3 is 5.97 Å². The highest BCUT2D eigenvalue weighted by molar-refractivity contribution is 8.13. The number of hydrogen-bond acceptors (Lipinski definition) is 9. The minimum Gasteiger partial charge on any atom is -0.464 e. The summed E-state index contributed by atoms with van der Waals surface area (Å²) in [7, 11) is 0. The number of thioether (sulfide) groups is 1. The molecule has 1 aliphatic heterocycles. The smallest absolute Gasteiger partial charge is 0.328 e. The van der Waals surface area contributed by atoms with Crippen LogP contribution in [-0.4, -0.2) is 70.5 Å². The molecule has 1 fully saturated rings. The molecule has 12 heteroatoms. The van der Waals surface area contributed by atoms with Gasteiger partial charge in [-0.15, -0.1) is 10.1 Å². The second kappa shape index (κ2) is 14.3. The van der Waals surface area contributed by atoms with Crippen LogP contribution in [0.1, 0.15) is 38.7 Å². The number of benzene rings is 1. The fourth-order valence-corrected chi connectivity index (χ4v) is 4.31. The number of ether oxygens (including phenoxy) is 1. The molecule has 0 bridgehead atoms. The first kappa shape index (κ1) is 28.1. The van der Waals surface area contributed by atoms with E-state index in [1.807, 2.05) is 30.3 Å². The number of likely N-dealkylation sites (tertiary alicyclic amines) is 1. The molecule has 1 aromatic carbocycles. The number of esters is 1. The fourth-order valence-electron chi connectivity index (χ4n) is 3.68. The summed E-state index contributed by atoms with van der Waals surface area (Å²) in [6.07, 6.45) is 1.43. The molecule has 1 heterocycles. The van der Waals surface area contributed by atoms with Crippen LogP contribution in [-0.2, 0) is 35.2 Å². The highest BCUT2D eigenvalue weighted by Crippen LogP contribution is 2.22. The Balaban J connectivity index is 2.03. The van der Waals surface area contributed by atoms with Gasteiger partial charge in [-0.3, -0.25) is 14.4 Å². The maximum atomic E-state index is 13.1. The third-order valence-corrected chi connectivity index (χ3v) is 6.48. The molecule has 192 valence electrons. The monoisotopic (exact) mass is 509 g/mol. The van der Waals surface area contributed by atoms with E-state index in [4.69, 9.17) is 4.74 Å². The number of hydrogen-bond donors (Lipinski definition) is 1. The molecule has 0 radical (unpaired) electrons. The normalized spacial score (nSPS) is 16.7. The molecule has 35 heavy (non-hydrogen) atoms. The van der Waals surface area contributed by atoms with E-state index in [2.05, 4.69) is 10.2 Å². The predicted octanol–water partition coefficient (Wildman–Crippen LogP) is 1.76. The van der Waals surface area contributed by atoms with Crippen molar-refractivity contribution in [2.45, 2.75) is 51.6 Å². The number of nitrogens with one attached hydrogen (secondary N) is 1. The third-order valence-electron chi connectivity index (χ3n) is 5.41. The molecule has 2 rings (SSSR count). The zero-order chi connectivity index (χ0) is 25.8. The van der Waals surface area contributed by atoms with Gasteiger partial charge in [-0.25, -0.2) is 4.79 Å². The molecule has 0 aliphatic carbocycles. The lowest BCUT2D eigenvalue weighted by atomic mass is 10.0. The standard InChI is InChI=1S/C23H31N3O8S/c1-16(15-35-17(2)27)22(29)25-11-6-10-20(25)21(28)24-19(14-18-8-4-3-5-9-18)23(30)33-12-7-13-34-26(31)32/h3-5,8-9,16,19-20H,6-7,10-15H2,1-2H3,(H,24,28)/t16-,19-,20+/m1/s1. The van der Waals surface area contributed by atoms with Gasteiger partial charge in [-0.05, 0) is 18.4 Å². The number of amides is 2. The van der Waals surface area contributed by atoms with Crippen molar-refractivity contribution in [2.24, 2.45) is 5.92 Å². The number of nitrogens with zero attached hydrogens (tertiary/aromatic N) is 2. The Morgan fingerprint density at radius 1 is 1.23 bits per heavy atom. The number of rotatable bonds is 13. The van der Waals surface area contributed by atoms with E-state index in [0.29, 0.717) is 25.1 Å². The zero-order valence-corrected chi connectivity index (χ0v) is 20.7. The van der Waals surface area contributed by atoms with Crippen LogP contribution in [0, 0.1) is 16.0 Å². The highest BCUT2D eigenvalue weighted by atomic mass is 32.2. The van der Waals surface area contributed by atoms with E-state index in [1.54, 1.807) is 6.92 Å². The lowest BCUT2D eigenvalue weighted by Gasteiger charge is -2.28. The van der Waals surface area contributed by atoms with Gasteiger partial charge in [0.15, 0.2) is 5.12 Å². The zero-order valence-electron chi connectivity index (χ0n) is 19.8. The van der Waals surface area contributed by atoms with Gasteiger partial charge in [0.1, 0.15) is 12.1 Å². The Morgan fingerprint density at radius 3 is 2.60 bits per heavy atom. The Hall–Kier alpha value is -3.15. The first-order valence-corrected chi connectivity index (χ1v) is 12.4. The molecule has 1 saturated heterocycles. The molecule has 0 unspecified atom stereocenters. The predicted molar refractivity (Wildman–Crippen MR) is 128 cm³/mol. The van der Waals surface area contributed by atoms with Crippen molar-refractivity contribution in [2.75, 3.05) is 25.5 Å². The fraction of sp³-hybridized carbons (Fsp3) is 0.565. The van der Waals surface area contributed by atoms with Crippen molar-refractivity contribution >= 4 is 34.7 Å². The maximum absolute atomic E-state index is 13.1. The summed E-state index contributed by atoms with van der Waals surface area (Å²) >= 11 is 1.07. The summed E-state index contributed by atoms with van der Waals surface area (Å²) in [5.74, 6) is -1.42. The van der Waals surface area contributed by atoms with Crippen LogP contribution < -0.4 is 5.32 Å². The Kier molecular flexibility index (Phi) is 11.5. The largest absolute Gasteiger partial charge is 0.464 e. The van der Waals surface area contributed by atoms with Crippen LogP contribution in [0.2, 0.25) is 0 Å². The summed E-state index contributed by atoms with van der Waals surface area (Å²) in [5, 5.41) is 12.0. The second-order valence-electron chi connectivity index (χ2n) is 8.22. The van der Waals surface area contributed by atoms with E-state index in [9.17, 15) is 29.3 Å². The number of carbonyl (C=O) groups excluding carboxylic acids is 4. The van der Waals surface area contributed by atoms with Gasteiger partial charge in [-0.2, -0.15) is 0 Å². The first-order valence-electron chi connectivity index (χ1n) is 11.4. The van der Waals surface area contributed by atoms with Gasteiger partial charge in [0.25, 0.3) is 5.09 Å². The molecular weight excluding hydrogens is 478 g/mol. The SMILES string of the molecule is CC(=O)SC[C@@H](C)C(=O)N1CCC[C@H]1C(=O)N[C@H](Cc1ccccc1)C(=O)OCCCO[N+](=O)[O-]. The van der Waals surface area contributed by atoms with Crippen LogP contribution in [0.5, 0.6) is 0 Å². The van der Waals surface area contributed by atoms with Gasteiger partial charge < -0.3 is 19.8 Å². The lowest BCUT2D eigenvalue weighted by Crippen LogP contribution is -2.52. The van der Waals surface area contributed by atoms with E-state index in [0.717, 1.165) is 17.3 Å². The van der Waals surface area contributed by atoms with Crippen molar-refractivity contribution in [3.8, 4) is 0 Å². The van der Waals surface area contributed by atoms with Crippen molar-refractivity contribution < 1.29 is 33.8 Å². The van der Waals surface area contributed by atoms with Crippen LogP contribution in [0.15, 0.2) is 30.3 Å². The summed E-state index contributed by atoms with van der Waals surface area (Å²) in [6, 6.07) is 7.38. The average Bonchev–Trinajstić information content (AvgIpc) is 3.31. The van der Waals surface area contributed by atoms with E-state index < -0.39 is 35.0 Å². The molecule has 1 aromatic rings. The molecule has 11 nitrogen and oxygen atoms in total. The molecule has 0 aromatic heterocycles. The first-order chi connectivity index (χ1) is 16.7. The summed E-state index contributed by atoms with van der Waals surface area (Å²) in [6.45, 7) is 3.28. The quantitative estimate of drug-likeness (QED) is 0.182. The van der Waals surface area contributed by atoms with Crippen molar-refractivity contribution in [1.82, 2.24) is 10.2 Å². The van der Waals surface area contributed by atoms with Crippen molar-refractivity contribution in [1.29, 1.82) is 0 Å². The van der Waals surface area contributed by atoms with E-state index >= 15 is 0 Å². The highest BCUT2D eigenvalue weighted by Gasteiger charge is 2.37. The summed E-state index contributed by atoms with van der Waals surface area (Å²) < 4.78 is 5.22. The van der Waals surface area contributed by atoms with Gasteiger partial charge in [-0.1, -0.05) is 49.0 Å². The molecule has 0 spiro atoms. The Bertz CT molecular complexity index is 898. The second-order valence-corrected chi connectivity index (χ2v) is 9.42. The molecular formula is C23H31N3O8S. The lowest BCUT2D eigenvalue weighted by molar-refractivity contribution is -0.757. The van der Waals surface area contributed by atoms with Gasteiger partial charge in [0.2, 0.25) is 11.8 Å². The minimum atomic E-state index is -0.996. The Morgan fingerprint density at radius 2 is 1.94 bits per heavy atom. The average molecular weight is 510 g/mol. The minimum absolute atomic E-state index is 0.0763. The van der Waals surface area contributed by atoms with Crippen molar-refractivity contribution in [3.63, 3.8) is 0 Å². The number of carbonyl (C=O) groups is 4. The third kappa shape index (κ3) is 9.55. The molecule has 1 N–H and O–H groups in total. The molecule has 1 aliphatic rings. The van der Waals surface area contributed by atoms with Gasteiger partial charge in [0.05, 0.1) is 13.2 Å². The maximum Gasteiger partial charge on any atom is 0.328 e. The van der Waals surface area contributed by atoms with E-state index in [-0.39, 0.29) is 37.1 Å². The molecule has 3 atom stereocenters. The topological polar surface area (TPSA) is 145 Å². The van der Waals surface area contributed by atoms with Crippen molar-refractivity contribution in [3.05, 3.63) is 46.0 Å². The molecule has 2 amide bonds. The van der Waals surface area contributed by atoms with Crippen LogP contribution in [0.4, 0.5) is 0 Å². The van der Waals surface area contributed by atoms with E-state index in [1.165, 1.54) is 11.8 Å².